The van der Waals surface area contributed by atoms with Gasteiger partial charge in [0, 0.05) is 18.9 Å². The van der Waals surface area contributed by atoms with Gasteiger partial charge < -0.3 is 30.2 Å². The summed E-state index contributed by atoms with van der Waals surface area (Å²) in [4.78, 5) is 63.9. The molecule has 0 spiro atoms. The van der Waals surface area contributed by atoms with E-state index in [4.69, 9.17) is 14.2 Å². The maximum Gasteiger partial charge on any atom is 0.408 e. The Labute approximate surface area is 259 Å². The van der Waals surface area contributed by atoms with Gasteiger partial charge in [-0.15, -0.1) is 0 Å². The molecule has 0 aromatic heterocycles. The molecule has 0 aromatic rings. The zero-order chi connectivity index (χ0) is 33.1. The predicted octanol–water partition coefficient (Wildman–Crippen LogP) is 5.97. The van der Waals surface area contributed by atoms with Crippen LogP contribution in [0.25, 0.3) is 0 Å². The average molecular weight is 614 g/mol. The van der Waals surface area contributed by atoms with Gasteiger partial charge in [-0.1, -0.05) is 58.8 Å². The Balaban J connectivity index is 5.66. The molecule has 250 valence electrons. The molecule has 0 heterocycles. The average Bonchev–Trinajstić information content (AvgIpc) is 2.88. The second-order valence-electron chi connectivity index (χ2n) is 13.1. The van der Waals surface area contributed by atoms with E-state index in [0.717, 1.165) is 38.5 Å². The van der Waals surface area contributed by atoms with Gasteiger partial charge in [0.15, 0.2) is 5.78 Å². The van der Waals surface area contributed by atoms with Crippen LogP contribution < -0.4 is 16.0 Å². The van der Waals surface area contributed by atoms with Crippen molar-refractivity contribution in [3.05, 3.63) is 0 Å². The van der Waals surface area contributed by atoms with E-state index in [9.17, 15) is 24.0 Å². The van der Waals surface area contributed by atoms with Crippen LogP contribution >= 0.6 is 0 Å². The molecule has 3 unspecified atom stereocenters. The maximum absolute atomic E-state index is 13.5. The van der Waals surface area contributed by atoms with Gasteiger partial charge in [0.1, 0.15) is 17.2 Å². The highest BCUT2D eigenvalue weighted by Gasteiger charge is 2.31. The zero-order valence-electron chi connectivity index (χ0n) is 28.2. The Morgan fingerprint density at radius 3 is 1.67 bits per heavy atom. The summed E-state index contributed by atoms with van der Waals surface area (Å²) in [5.74, 6) is -1.94. The summed E-state index contributed by atoms with van der Waals surface area (Å²) in [6.07, 6.45) is 6.20. The minimum Gasteiger partial charge on any atom is -0.467 e. The Morgan fingerprint density at radius 2 is 1.16 bits per heavy atom. The summed E-state index contributed by atoms with van der Waals surface area (Å²) < 4.78 is 15.6. The van der Waals surface area contributed by atoms with Crippen LogP contribution in [0.4, 0.5) is 9.59 Å². The molecule has 11 nitrogen and oxygen atoms in total. The van der Waals surface area contributed by atoms with Gasteiger partial charge in [-0.3, -0.25) is 9.59 Å². The number of carbonyl (C=O) groups excluding carboxylic acids is 5. The number of rotatable bonds is 20. The maximum atomic E-state index is 13.5. The van der Waals surface area contributed by atoms with E-state index >= 15 is 0 Å². The van der Waals surface area contributed by atoms with Crippen LogP contribution in [0.1, 0.15) is 132 Å². The molecule has 3 N–H and O–H groups in total. The third kappa shape index (κ3) is 20.7. The molecule has 0 aliphatic heterocycles. The highest BCUT2D eigenvalue weighted by molar-refractivity contribution is 5.92. The number of methoxy groups -OCH3 is 1. The van der Waals surface area contributed by atoms with Crippen molar-refractivity contribution >= 4 is 29.8 Å². The lowest BCUT2D eigenvalue weighted by atomic mass is 9.90. The summed E-state index contributed by atoms with van der Waals surface area (Å²) in [6.45, 7) is 15.0. The molecule has 0 aromatic carbocycles. The van der Waals surface area contributed by atoms with Crippen molar-refractivity contribution in [2.24, 2.45) is 5.92 Å². The monoisotopic (exact) mass is 613 g/mol. The summed E-state index contributed by atoms with van der Waals surface area (Å²) >= 11 is 0. The Kier molecular flexibility index (Phi) is 19.6. The second kappa shape index (κ2) is 21.0. The van der Waals surface area contributed by atoms with E-state index in [2.05, 4.69) is 22.9 Å². The van der Waals surface area contributed by atoms with Crippen molar-refractivity contribution in [2.75, 3.05) is 13.7 Å². The molecule has 0 bridgehead atoms. The predicted molar refractivity (Wildman–Crippen MR) is 167 cm³/mol. The highest BCUT2D eigenvalue weighted by atomic mass is 16.6. The van der Waals surface area contributed by atoms with Crippen molar-refractivity contribution in [1.82, 2.24) is 16.0 Å². The van der Waals surface area contributed by atoms with Crippen LogP contribution in [0.3, 0.4) is 0 Å². The molecule has 0 saturated carbocycles. The Bertz CT molecular complexity index is 864. The van der Waals surface area contributed by atoms with E-state index in [1.54, 1.807) is 41.5 Å². The lowest BCUT2D eigenvalue weighted by Gasteiger charge is -2.25. The third-order valence-electron chi connectivity index (χ3n) is 6.54. The highest BCUT2D eigenvalue weighted by Crippen LogP contribution is 2.19. The van der Waals surface area contributed by atoms with Gasteiger partial charge in [-0.05, 0) is 67.2 Å². The normalized spacial score (nSPS) is 13.7. The minimum atomic E-state index is -0.810. The standard InChI is InChI=1S/C32H59N3O8/c1-10-12-14-19-24(35-30(40)43-32(6,7)8)26(36)22-23(18-16-17-21-33-29(39)42-31(3,4)5)27(37)34-25(28(38)41-9)20-15-13-11-2/h23-25H,10-22H2,1-9H3,(H,33,39)(H,34,37)(H,35,40). The van der Waals surface area contributed by atoms with Crippen LogP contribution in [0.15, 0.2) is 0 Å². The number of nitrogens with one attached hydrogen (secondary N) is 3. The molecule has 0 radical (unpaired) electrons. The Hall–Kier alpha value is -2.85. The molecule has 3 atom stereocenters. The van der Waals surface area contributed by atoms with E-state index in [1.807, 2.05) is 6.92 Å². The number of ether oxygens (including phenoxy) is 3. The van der Waals surface area contributed by atoms with Gasteiger partial charge in [-0.25, -0.2) is 14.4 Å². The SMILES string of the molecule is CCCCCC(NC(=O)OC(C)(C)C)C(=O)CC(CCCCNC(=O)OC(C)(C)C)C(=O)NC(CCCCC)C(=O)OC. The number of hydrogen-bond donors (Lipinski definition) is 3. The van der Waals surface area contributed by atoms with Crippen molar-refractivity contribution in [2.45, 2.75) is 156 Å². The van der Waals surface area contributed by atoms with Crippen molar-refractivity contribution in [1.29, 1.82) is 0 Å². The fraction of sp³-hybridized carbons (Fsp3) is 0.844. The van der Waals surface area contributed by atoms with E-state index < -0.39 is 53.3 Å². The fourth-order valence-corrected chi connectivity index (χ4v) is 4.37. The zero-order valence-corrected chi connectivity index (χ0v) is 28.2. The van der Waals surface area contributed by atoms with Gasteiger partial charge >= 0.3 is 18.2 Å². The summed E-state index contributed by atoms with van der Waals surface area (Å²) in [7, 11) is 1.28. The molecule has 43 heavy (non-hydrogen) atoms. The van der Waals surface area contributed by atoms with Gasteiger partial charge in [-0.2, -0.15) is 0 Å². The summed E-state index contributed by atoms with van der Waals surface area (Å²) in [5, 5.41) is 8.22. The Morgan fingerprint density at radius 1 is 0.651 bits per heavy atom. The smallest absolute Gasteiger partial charge is 0.408 e. The van der Waals surface area contributed by atoms with Gasteiger partial charge in [0.25, 0.3) is 0 Å². The molecule has 0 aliphatic rings. The first-order valence-corrected chi connectivity index (χ1v) is 15.9. The lowest BCUT2D eigenvalue weighted by molar-refractivity contribution is -0.146. The summed E-state index contributed by atoms with van der Waals surface area (Å²) in [6, 6.07) is -1.61. The van der Waals surface area contributed by atoms with E-state index in [-0.39, 0.29) is 12.2 Å². The van der Waals surface area contributed by atoms with Crippen LogP contribution in [-0.4, -0.2) is 66.8 Å². The number of alkyl carbamates (subject to hydrolysis) is 2. The molecular weight excluding hydrogens is 554 g/mol. The number of unbranched alkanes of at least 4 members (excludes halogenated alkanes) is 5. The number of carbonyl (C=O) groups is 5. The molecule has 0 saturated heterocycles. The molecule has 0 rings (SSSR count). The van der Waals surface area contributed by atoms with Crippen molar-refractivity contribution in [3.8, 4) is 0 Å². The van der Waals surface area contributed by atoms with Crippen LogP contribution in [0.5, 0.6) is 0 Å². The number of hydrogen-bond acceptors (Lipinski definition) is 8. The third-order valence-corrected chi connectivity index (χ3v) is 6.54. The van der Waals surface area contributed by atoms with E-state index in [0.29, 0.717) is 38.6 Å². The van der Waals surface area contributed by atoms with Crippen molar-refractivity contribution < 1.29 is 38.2 Å². The number of ketones is 1. The lowest BCUT2D eigenvalue weighted by Crippen LogP contribution is -2.47. The minimum absolute atomic E-state index is 0.110. The topological polar surface area (TPSA) is 149 Å². The van der Waals surface area contributed by atoms with Crippen molar-refractivity contribution in [3.63, 3.8) is 0 Å². The van der Waals surface area contributed by atoms with Gasteiger partial charge in [0.2, 0.25) is 5.91 Å². The van der Waals surface area contributed by atoms with Gasteiger partial charge in [0.05, 0.1) is 13.2 Å². The molecule has 3 amide bonds. The summed E-state index contributed by atoms with van der Waals surface area (Å²) in [5.41, 5.74) is -1.33. The quantitative estimate of drug-likeness (QED) is 0.0864. The largest absolute Gasteiger partial charge is 0.467 e. The van der Waals surface area contributed by atoms with E-state index in [1.165, 1.54) is 7.11 Å². The van der Waals surface area contributed by atoms with Crippen LogP contribution in [0.2, 0.25) is 0 Å². The molecule has 0 aliphatic carbocycles. The molecular formula is C32H59N3O8. The molecule has 0 fully saturated rings. The molecule has 11 heteroatoms. The second-order valence-corrected chi connectivity index (χ2v) is 13.1. The first kappa shape index (κ1) is 40.1. The fourth-order valence-electron chi connectivity index (χ4n) is 4.37. The first-order chi connectivity index (χ1) is 20.0. The number of Topliss-reactive ketones (excluding diaryl/α,β-unsaturated/α-hetero) is 1. The number of esters is 1. The first-order valence-electron chi connectivity index (χ1n) is 15.9. The van der Waals surface area contributed by atoms with Crippen LogP contribution in [0, 0.1) is 5.92 Å². The number of amides is 3. The van der Waals surface area contributed by atoms with Crippen LogP contribution in [-0.2, 0) is 28.6 Å².